The normalized spacial score (nSPS) is 7.50. The molecule has 0 spiro atoms. The molecule has 0 aromatic heterocycles. The Morgan fingerprint density at radius 3 is 2.17 bits per heavy atom. The predicted molar refractivity (Wildman–Crippen MR) is 25.0 cm³/mol. The van der Waals surface area contributed by atoms with Gasteiger partial charge in [0.15, 0.2) is 0 Å². The molecule has 0 bridgehead atoms. The smallest absolute Gasteiger partial charge is 0.185 e. The highest BCUT2D eigenvalue weighted by Crippen LogP contribution is 1.56. The first-order chi connectivity index (χ1) is 2.77. The molecule has 0 fully saturated rings. The summed E-state index contributed by atoms with van der Waals surface area (Å²) in [5.74, 6) is 0. The monoisotopic (exact) mass is 105 g/mol. The summed E-state index contributed by atoms with van der Waals surface area (Å²) < 4.78 is 19.0. The molecule has 0 aliphatic carbocycles. The predicted octanol–water partition coefficient (Wildman–Crippen LogP) is -0.108. The van der Waals surface area contributed by atoms with Gasteiger partial charge in [-0.3, -0.25) is 0 Å². The highest BCUT2D eigenvalue weighted by Gasteiger charge is 1.61. The first kappa shape index (κ1) is 5.69. The number of rotatable bonds is 1. The van der Waals surface area contributed by atoms with Gasteiger partial charge in [0.25, 0.3) is 0 Å². The largest absolute Gasteiger partial charge is 0.209 e. The quantitative estimate of drug-likeness (QED) is 0.436. The maximum absolute atomic E-state index is 9.50. The number of hydrogen-bond acceptors (Lipinski definition) is 2. The van der Waals surface area contributed by atoms with Crippen molar-refractivity contribution in [3.63, 3.8) is 0 Å². The van der Waals surface area contributed by atoms with E-state index in [-0.39, 0.29) is 0 Å². The van der Waals surface area contributed by atoms with Gasteiger partial charge in [-0.05, 0) is 13.3 Å². The molecule has 0 aliphatic rings. The maximum Gasteiger partial charge on any atom is 0.209 e. The van der Waals surface area contributed by atoms with Crippen molar-refractivity contribution in [2.45, 2.75) is 6.42 Å². The average molecular weight is 105 g/mol. The fourth-order valence-corrected chi connectivity index (χ4v) is 0.289. The Hall–Kier alpha value is -0.310. The molecule has 0 heterocycles. The van der Waals surface area contributed by atoms with Crippen LogP contribution in [0.25, 0.3) is 0 Å². The third-order valence-electron chi connectivity index (χ3n) is 0.254. The zero-order chi connectivity index (χ0) is 4.99. The van der Waals surface area contributed by atoms with Crippen LogP contribution in [0.4, 0.5) is 0 Å². The maximum atomic E-state index is 9.50. The van der Waals surface area contributed by atoms with Crippen LogP contribution >= 0.6 is 0 Å². The van der Waals surface area contributed by atoms with Gasteiger partial charge in [0.05, 0.1) is 0 Å². The van der Waals surface area contributed by atoms with E-state index in [1.165, 1.54) is 0 Å². The minimum atomic E-state index is -2.00. The van der Waals surface area contributed by atoms with Crippen LogP contribution < -0.4 is 0 Å². The van der Waals surface area contributed by atoms with Gasteiger partial charge >= 0.3 is 0 Å². The van der Waals surface area contributed by atoms with Crippen molar-refractivity contribution < 1.29 is 8.42 Å². The minimum Gasteiger partial charge on any atom is -0.185 e. The van der Waals surface area contributed by atoms with Gasteiger partial charge in [0, 0.05) is 5.37 Å². The fraction of sp³-hybridized carbons (Fsp3) is 0.333. The van der Waals surface area contributed by atoms with Crippen molar-refractivity contribution in [3.05, 3.63) is 6.92 Å². The van der Waals surface area contributed by atoms with E-state index in [1.807, 2.05) is 0 Å². The van der Waals surface area contributed by atoms with E-state index in [2.05, 4.69) is 6.92 Å². The fourth-order valence-electron chi connectivity index (χ4n) is 0.0962. The lowest BCUT2D eigenvalue weighted by atomic mass is 10.6. The van der Waals surface area contributed by atoms with Crippen LogP contribution in [-0.2, 0) is 10.3 Å². The highest BCUT2D eigenvalue weighted by molar-refractivity contribution is 7.71. The molecule has 0 saturated carbocycles. The van der Waals surface area contributed by atoms with Crippen molar-refractivity contribution in [1.82, 2.24) is 0 Å². The summed E-state index contributed by atoms with van der Waals surface area (Å²) in [7, 11) is -2.00. The molecule has 0 amide bonds. The van der Waals surface area contributed by atoms with Gasteiger partial charge in [-0.15, -0.1) is 0 Å². The molecule has 3 heteroatoms. The van der Waals surface area contributed by atoms with Crippen LogP contribution in [-0.4, -0.2) is 13.8 Å². The summed E-state index contributed by atoms with van der Waals surface area (Å²) in [5.41, 5.74) is 0. The van der Waals surface area contributed by atoms with E-state index in [0.29, 0.717) is 6.42 Å². The van der Waals surface area contributed by atoms with Crippen molar-refractivity contribution >= 4 is 15.7 Å². The van der Waals surface area contributed by atoms with Crippen molar-refractivity contribution in [2.75, 3.05) is 0 Å². The van der Waals surface area contributed by atoms with Crippen LogP contribution in [0, 0.1) is 6.92 Å². The van der Waals surface area contributed by atoms with E-state index in [9.17, 15) is 8.42 Å². The Balaban J connectivity index is 3.78. The lowest BCUT2D eigenvalue weighted by molar-refractivity contribution is 0.627. The van der Waals surface area contributed by atoms with Gasteiger partial charge in [-0.2, -0.15) is 8.42 Å². The van der Waals surface area contributed by atoms with Crippen molar-refractivity contribution in [1.29, 1.82) is 0 Å². The molecule has 35 valence electrons. The van der Waals surface area contributed by atoms with Gasteiger partial charge in [-0.25, -0.2) is 0 Å². The van der Waals surface area contributed by atoms with E-state index in [4.69, 9.17) is 0 Å². The Morgan fingerprint density at radius 2 is 2.17 bits per heavy atom. The molecular weight excluding hydrogens is 100 g/mol. The molecule has 0 unspecified atom stereocenters. The summed E-state index contributed by atoms with van der Waals surface area (Å²) in [4.78, 5) is 0. The van der Waals surface area contributed by atoms with E-state index in [0.717, 1.165) is 5.37 Å². The molecule has 2 nitrogen and oxygen atoms in total. The van der Waals surface area contributed by atoms with Crippen molar-refractivity contribution in [2.24, 2.45) is 0 Å². The average Bonchev–Trinajstić information content (AvgIpc) is 1.35. The van der Waals surface area contributed by atoms with Crippen LogP contribution in [0.5, 0.6) is 0 Å². The minimum absolute atomic E-state index is 0.343. The SMILES string of the molecule is [CH2]CC=S(=O)=O. The Morgan fingerprint density at radius 1 is 1.67 bits per heavy atom. The van der Waals surface area contributed by atoms with Gasteiger partial charge in [-0.1, -0.05) is 0 Å². The zero-order valence-electron chi connectivity index (χ0n) is 3.22. The summed E-state index contributed by atoms with van der Waals surface area (Å²) in [6, 6.07) is 0. The summed E-state index contributed by atoms with van der Waals surface area (Å²) in [6.45, 7) is 3.28. The summed E-state index contributed by atoms with van der Waals surface area (Å²) in [5, 5.41) is 1.10. The molecule has 0 atom stereocenters. The molecule has 0 aromatic carbocycles. The lowest BCUT2D eigenvalue weighted by Gasteiger charge is -1.57. The van der Waals surface area contributed by atoms with Gasteiger partial charge < -0.3 is 0 Å². The van der Waals surface area contributed by atoms with Gasteiger partial charge in [0.1, 0.15) is 0 Å². The van der Waals surface area contributed by atoms with Crippen LogP contribution in [0.2, 0.25) is 0 Å². The Labute approximate surface area is 38.3 Å². The molecule has 0 saturated heterocycles. The first-order valence-electron chi connectivity index (χ1n) is 1.48. The molecule has 0 N–H and O–H groups in total. The molecule has 0 aliphatic heterocycles. The highest BCUT2D eigenvalue weighted by atomic mass is 32.2. The van der Waals surface area contributed by atoms with E-state index in [1.54, 1.807) is 0 Å². The molecule has 0 aromatic rings. The second-order valence-electron chi connectivity index (χ2n) is 0.716. The first-order valence-corrected chi connectivity index (χ1v) is 2.62. The van der Waals surface area contributed by atoms with Crippen molar-refractivity contribution in [3.8, 4) is 0 Å². The molecule has 0 rings (SSSR count). The van der Waals surface area contributed by atoms with Crippen LogP contribution in [0.1, 0.15) is 6.42 Å². The van der Waals surface area contributed by atoms with E-state index < -0.39 is 10.3 Å². The lowest BCUT2D eigenvalue weighted by Crippen LogP contribution is -1.65. The van der Waals surface area contributed by atoms with Crippen LogP contribution in [0.15, 0.2) is 0 Å². The number of hydrogen-bond donors (Lipinski definition) is 0. The Bertz CT molecular complexity index is 123. The summed E-state index contributed by atoms with van der Waals surface area (Å²) in [6.07, 6.45) is 0.343. The second kappa shape index (κ2) is 2.90. The second-order valence-corrected chi connectivity index (χ2v) is 1.57. The zero-order valence-corrected chi connectivity index (χ0v) is 4.03. The molecular formula is C3H5O2S. The summed E-state index contributed by atoms with van der Waals surface area (Å²) >= 11 is 0. The third kappa shape index (κ3) is 3.69. The van der Waals surface area contributed by atoms with E-state index >= 15 is 0 Å². The third-order valence-corrected chi connectivity index (χ3v) is 0.762. The topological polar surface area (TPSA) is 34.1 Å². The Kier molecular flexibility index (Phi) is 2.75. The molecule has 1 radical (unpaired) electrons. The van der Waals surface area contributed by atoms with Gasteiger partial charge in [0.2, 0.25) is 10.3 Å². The standard InChI is InChI=1S/C3H5O2S/c1-2-3-6(4)5/h3H,1-2H2. The molecule has 6 heavy (non-hydrogen) atoms. The van der Waals surface area contributed by atoms with Crippen LogP contribution in [0.3, 0.4) is 0 Å².